The molecule has 9 aromatic carbocycles. The van der Waals surface area contributed by atoms with Gasteiger partial charge in [0.2, 0.25) is 5.69 Å². The highest BCUT2D eigenvalue weighted by Crippen LogP contribution is 2.41. The van der Waals surface area contributed by atoms with Crippen LogP contribution in [0.15, 0.2) is 200 Å². The SMILES string of the molecule is [C-]#[N+]c1c2ccc(/C=C/c3ccc(N(c4ccccc4)c4ccc(OCC)cc4)cc3)cc2c(C#N)c2ccc(/C=C/c3ccc(N(c4ccccc4)c4ccccc4)cc3)cc12. The highest BCUT2D eigenvalue weighted by Gasteiger charge is 2.16. The van der Waals surface area contributed by atoms with Gasteiger partial charge in [-0.2, -0.15) is 5.26 Å². The van der Waals surface area contributed by atoms with Gasteiger partial charge in [-0.05, 0) is 142 Å². The molecule has 0 heterocycles. The lowest BCUT2D eigenvalue weighted by Gasteiger charge is -2.25. The largest absolute Gasteiger partial charge is 0.494 e. The molecule has 0 radical (unpaired) electrons. The molecular formula is C58H42N4O. The molecule has 0 N–H and O–H groups in total. The van der Waals surface area contributed by atoms with E-state index in [4.69, 9.17) is 11.3 Å². The molecule has 63 heavy (non-hydrogen) atoms. The molecule has 5 nitrogen and oxygen atoms in total. The Kier molecular flexibility index (Phi) is 11.6. The standard InChI is InChI=1S/C58H42N4O/c1-3-63-52-35-33-51(34-36-52)62(48-17-11-6-12-18-48)50-31-25-42(26-32-50)19-21-44-28-38-54-55(39-44)57(41-59)53-37-27-45(40-56(53)58(54)60-2)22-20-43-23-29-49(30-24-43)61(46-13-7-4-8-14-46)47-15-9-5-10-16-47/h4-40H,3H2,1H3/b21-19+,22-20+. The fourth-order valence-corrected chi connectivity index (χ4v) is 8.03. The van der Waals surface area contributed by atoms with E-state index in [2.05, 4.69) is 166 Å². The van der Waals surface area contributed by atoms with Crippen LogP contribution in [0, 0.1) is 17.9 Å². The molecular weight excluding hydrogens is 769 g/mol. The molecule has 0 saturated carbocycles. The molecule has 0 aromatic heterocycles. The van der Waals surface area contributed by atoms with Crippen LogP contribution in [0.1, 0.15) is 34.7 Å². The van der Waals surface area contributed by atoms with E-state index >= 15 is 0 Å². The molecule has 0 aliphatic rings. The first-order valence-corrected chi connectivity index (χ1v) is 21.0. The Bertz CT molecular complexity index is 3130. The summed E-state index contributed by atoms with van der Waals surface area (Å²) >= 11 is 0. The maximum atomic E-state index is 10.5. The predicted molar refractivity (Wildman–Crippen MR) is 264 cm³/mol. The Hall–Kier alpha value is -8.64. The zero-order valence-corrected chi connectivity index (χ0v) is 34.8. The van der Waals surface area contributed by atoms with Crippen molar-refractivity contribution in [3.8, 4) is 11.8 Å². The Morgan fingerprint density at radius 3 is 1.27 bits per heavy atom. The summed E-state index contributed by atoms with van der Waals surface area (Å²) in [5, 5.41) is 13.6. The zero-order valence-electron chi connectivity index (χ0n) is 34.8. The van der Waals surface area contributed by atoms with Crippen LogP contribution in [0.3, 0.4) is 0 Å². The van der Waals surface area contributed by atoms with Gasteiger partial charge in [0.1, 0.15) is 11.8 Å². The van der Waals surface area contributed by atoms with E-state index in [1.165, 1.54) is 0 Å². The molecule has 300 valence electrons. The number of nitriles is 1. The second kappa shape index (κ2) is 18.3. The van der Waals surface area contributed by atoms with Gasteiger partial charge in [-0.25, -0.2) is 4.85 Å². The smallest absolute Gasteiger partial charge is 0.202 e. The molecule has 0 amide bonds. The van der Waals surface area contributed by atoms with E-state index in [0.717, 1.165) is 83.7 Å². The van der Waals surface area contributed by atoms with E-state index in [1.54, 1.807) is 0 Å². The second-order valence-corrected chi connectivity index (χ2v) is 15.0. The number of hydrogen-bond acceptors (Lipinski definition) is 4. The molecule has 9 rings (SSSR count). The topological polar surface area (TPSA) is 43.9 Å². The average molecular weight is 811 g/mol. The van der Waals surface area contributed by atoms with E-state index < -0.39 is 0 Å². The summed E-state index contributed by atoms with van der Waals surface area (Å²) in [6, 6.07) is 70.6. The fourth-order valence-electron chi connectivity index (χ4n) is 8.03. The highest BCUT2D eigenvalue weighted by molar-refractivity contribution is 6.16. The maximum absolute atomic E-state index is 10.5. The number of para-hydroxylation sites is 3. The Morgan fingerprint density at radius 1 is 0.460 bits per heavy atom. The van der Waals surface area contributed by atoms with Crippen LogP contribution >= 0.6 is 0 Å². The number of rotatable bonds is 12. The molecule has 0 fully saturated rings. The van der Waals surface area contributed by atoms with Crippen LogP contribution in [0.25, 0.3) is 50.7 Å². The minimum atomic E-state index is 0.544. The summed E-state index contributed by atoms with van der Waals surface area (Å²) in [4.78, 5) is 8.48. The molecule has 9 aromatic rings. The number of ether oxygens (including phenoxy) is 1. The summed E-state index contributed by atoms with van der Waals surface area (Å²) < 4.78 is 5.69. The van der Waals surface area contributed by atoms with Crippen molar-refractivity contribution < 1.29 is 4.74 Å². The number of fused-ring (bicyclic) bond motifs is 2. The first-order valence-electron chi connectivity index (χ1n) is 21.0. The van der Waals surface area contributed by atoms with E-state index in [0.29, 0.717) is 17.9 Å². The van der Waals surface area contributed by atoms with Gasteiger partial charge in [0.25, 0.3) is 0 Å². The molecule has 0 aliphatic heterocycles. The van der Waals surface area contributed by atoms with E-state index in [1.807, 2.05) is 85.8 Å². The molecule has 0 unspecified atom stereocenters. The van der Waals surface area contributed by atoms with Crippen molar-refractivity contribution in [1.82, 2.24) is 0 Å². The van der Waals surface area contributed by atoms with Crippen LogP contribution in [0.5, 0.6) is 5.75 Å². The van der Waals surface area contributed by atoms with Gasteiger partial charge in [0, 0.05) is 34.1 Å². The molecule has 0 spiro atoms. The van der Waals surface area contributed by atoms with Crippen molar-refractivity contribution in [1.29, 1.82) is 5.26 Å². The van der Waals surface area contributed by atoms with Crippen LogP contribution in [-0.2, 0) is 0 Å². The summed E-state index contributed by atoms with van der Waals surface area (Å²) in [5.41, 5.74) is 11.5. The van der Waals surface area contributed by atoms with E-state index in [9.17, 15) is 5.26 Å². The van der Waals surface area contributed by atoms with Crippen LogP contribution in [0.4, 0.5) is 39.8 Å². The van der Waals surface area contributed by atoms with Gasteiger partial charge in [-0.15, -0.1) is 0 Å². The number of anilines is 6. The van der Waals surface area contributed by atoms with Gasteiger partial charge in [-0.1, -0.05) is 133 Å². The first kappa shape index (κ1) is 39.8. The minimum absolute atomic E-state index is 0.544. The monoisotopic (exact) mass is 810 g/mol. The lowest BCUT2D eigenvalue weighted by Crippen LogP contribution is -2.09. The predicted octanol–water partition coefficient (Wildman–Crippen LogP) is 16.1. The molecule has 0 atom stereocenters. The highest BCUT2D eigenvalue weighted by atomic mass is 16.5. The molecule has 0 saturated heterocycles. The summed E-state index contributed by atoms with van der Waals surface area (Å²) in [6.07, 6.45) is 8.27. The van der Waals surface area contributed by atoms with Crippen molar-refractivity contribution in [2.75, 3.05) is 16.4 Å². The van der Waals surface area contributed by atoms with Gasteiger partial charge in [0.15, 0.2) is 0 Å². The lowest BCUT2D eigenvalue weighted by molar-refractivity contribution is 0.340. The first-order chi connectivity index (χ1) is 31.1. The third kappa shape index (κ3) is 8.54. The molecule has 0 bridgehead atoms. The van der Waals surface area contributed by atoms with Gasteiger partial charge < -0.3 is 14.5 Å². The van der Waals surface area contributed by atoms with Crippen LogP contribution in [0.2, 0.25) is 0 Å². The van der Waals surface area contributed by atoms with Crippen molar-refractivity contribution in [3.05, 3.63) is 239 Å². The number of benzene rings is 9. The Morgan fingerprint density at radius 2 is 0.841 bits per heavy atom. The van der Waals surface area contributed by atoms with Crippen molar-refractivity contribution >= 4 is 85.7 Å². The summed E-state index contributed by atoms with van der Waals surface area (Å²) in [7, 11) is 0. The van der Waals surface area contributed by atoms with Gasteiger partial charge in [0.05, 0.1) is 18.7 Å². The third-order valence-electron chi connectivity index (χ3n) is 11.0. The minimum Gasteiger partial charge on any atom is -0.494 e. The normalized spacial score (nSPS) is 11.2. The van der Waals surface area contributed by atoms with Crippen molar-refractivity contribution in [2.24, 2.45) is 0 Å². The van der Waals surface area contributed by atoms with Gasteiger partial charge in [-0.3, -0.25) is 0 Å². The summed E-state index contributed by atoms with van der Waals surface area (Å²) in [5.74, 6) is 0.843. The molecule has 0 aliphatic carbocycles. The average Bonchev–Trinajstić information content (AvgIpc) is 3.34. The van der Waals surface area contributed by atoms with Crippen LogP contribution < -0.4 is 14.5 Å². The second-order valence-electron chi connectivity index (χ2n) is 15.0. The quantitative estimate of drug-likeness (QED) is 0.0700. The number of nitrogens with zero attached hydrogens (tertiary/aromatic N) is 4. The lowest BCUT2D eigenvalue weighted by atomic mass is 9.93. The zero-order chi connectivity index (χ0) is 43.0. The van der Waals surface area contributed by atoms with Crippen molar-refractivity contribution in [3.63, 3.8) is 0 Å². The molecule has 5 heteroatoms. The third-order valence-corrected chi connectivity index (χ3v) is 11.0. The van der Waals surface area contributed by atoms with E-state index in [-0.39, 0.29) is 0 Å². The van der Waals surface area contributed by atoms with Gasteiger partial charge >= 0.3 is 0 Å². The maximum Gasteiger partial charge on any atom is 0.202 e. The summed E-state index contributed by atoms with van der Waals surface area (Å²) in [6.45, 7) is 10.9. The Labute approximate surface area is 368 Å². The van der Waals surface area contributed by atoms with Crippen LogP contribution in [-0.4, -0.2) is 6.61 Å². The fraction of sp³-hybridized carbons (Fsp3) is 0.0345. The van der Waals surface area contributed by atoms with Crippen molar-refractivity contribution in [2.45, 2.75) is 6.92 Å². The Balaban J connectivity index is 0.965. The number of hydrogen-bond donors (Lipinski definition) is 0.